The minimum atomic E-state index is -0.784. The van der Waals surface area contributed by atoms with Crippen LogP contribution in [-0.2, 0) is 22.4 Å². The van der Waals surface area contributed by atoms with Crippen molar-refractivity contribution in [1.29, 1.82) is 0 Å². The van der Waals surface area contributed by atoms with Crippen molar-refractivity contribution in [2.75, 3.05) is 23.9 Å². The number of aryl methyl sites for hydroxylation is 1. The second-order valence-corrected chi connectivity index (χ2v) is 7.78. The van der Waals surface area contributed by atoms with Crippen LogP contribution in [0.5, 0.6) is 0 Å². The quantitative estimate of drug-likeness (QED) is 0.663. The van der Waals surface area contributed by atoms with Crippen molar-refractivity contribution in [2.45, 2.75) is 56.6 Å². The third-order valence-electron chi connectivity index (χ3n) is 5.85. The maximum Gasteiger partial charge on any atom is 0.331 e. The molecule has 0 radical (unpaired) electrons. The van der Waals surface area contributed by atoms with Gasteiger partial charge in [-0.05, 0) is 38.5 Å². The lowest BCUT2D eigenvalue weighted by atomic mass is 10.2. The van der Waals surface area contributed by atoms with Gasteiger partial charge in [0.25, 0.3) is 0 Å². The molecule has 3 N–H and O–H groups in total. The van der Waals surface area contributed by atoms with Gasteiger partial charge >= 0.3 is 5.97 Å². The number of carbonyl (C=O) groups excluding carboxylic acids is 1. The summed E-state index contributed by atoms with van der Waals surface area (Å²) < 4.78 is 4.88. The number of aliphatic hydroxyl groups excluding tert-OH is 1. The van der Waals surface area contributed by atoms with Gasteiger partial charge in [0.15, 0.2) is 11.9 Å². The Balaban J connectivity index is 1.47. The van der Waals surface area contributed by atoms with Crippen molar-refractivity contribution in [3.63, 3.8) is 0 Å². The number of nitrogens with one attached hydrogen (secondary N) is 2. The maximum absolute atomic E-state index is 12.2. The molecule has 1 saturated heterocycles. The highest BCUT2D eigenvalue weighted by Crippen LogP contribution is 2.40. The van der Waals surface area contributed by atoms with Crippen molar-refractivity contribution in [1.82, 2.24) is 20.2 Å². The van der Waals surface area contributed by atoms with Gasteiger partial charge in [0.1, 0.15) is 5.82 Å². The number of rotatable bonds is 5. The molecule has 2 aliphatic carbocycles. The molecule has 3 aliphatic rings. The molecule has 0 amide bonds. The summed E-state index contributed by atoms with van der Waals surface area (Å²) in [5.41, 5.74) is 3.26. The maximum atomic E-state index is 12.2. The van der Waals surface area contributed by atoms with Gasteiger partial charge in [-0.2, -0.15) is 10.1 Å². The van der Waals surface area contributed by atoms with Gasteiger partial charge < -0.3 is 20.1 Å². The second-order valence-electron chi connectivity index (χ2n) is 7.78. The lowest BCUT2D eigenvalue weighted by Gasteiger charge is -2.25. The molecule has 28 heavy (non-hydrogen) atoms. The molecule has 2 atom stereocenters. The van der Waals surface area contributed by atoms with Crippen molar-refractivity contribution in [3.8, 4) is 0 Å². The predicted molar refractivity (Wildman–Crippen MR) is 102 cm³/mol. The number of anilines is 3. The minimum Gasteiger partial charge on any atom is -0.467 e. The molecule has 5 rings (SSSR count). The number of fused-ring (bicyclic) bond motifs is 1. The van der Waals surface area contributed by atoms with E-state index in [-0.39, 0.29) is 0 Å². The first-order valence-electron chi connectivity index (χ1n) is 9.88. The van der Waals surface area contributed by atoms with E-state index in [1.807, 2.05) is 6.07 Å². The monoisotopic (exact) mass is 384 g/mol. The Morgan fingerprint density at radius 1 is 1.32 bits per heavy atom. The highest BCUT2D eigenvalue weighted by atomic mass is 16.5. The van der Waals surface area contributed by atoms with Crippen LogP contribution >= 0.6 is 0 Å². The highest BCUT2D eigenvalue weighted by Gasteiger charge is 2.41. The number of ether oxygens (including phenoxy) is 1. The minimum absolute atomic E-state index is 0.452. The van der Waals surface area contributed by atoms with Crippen molar-refractivity contribution < 1.29 is 14.6 Å². The number of hydrogen-bond donors (Lipinski definition) is 3. The van der Waals surface area contributed by atoms with Crippen LogP contribution < -0.4 is 10.2 Å². The number of aromatic amines is 1. The van der Waals surface area contributed by atoms with Crippen LogP contribution in [0.15, 0.2) is 6.07 Å². The summed E-state index contributed by atoms with van der Waals surface area (Å²) in [7, 11) is 1.33. The van der Waals surface area contributed by atoms with E-state index in [4.69, 9.17) is 14.7 Å². The molecule has 0 spiro atoms. The van der Waals surface area contributed by atoms with Crippen molar-refractivity contribution in [2.24, 2.45) is 0 Å². The summed E-state index contributed by atoms with van der Waals surface area (Å²) >= 11 is 0. The third-order valence-corrected chi connectivity index (χ3v) is 5.85. The van der Waals surface area contributed by atoms with E-state index in [1.54, 1.807) is 4.90 Å². The summed E-state index contributed by atoms with van der Waals surface area (Å²) in [6, 6.07) is 1.27. The van der Waals surface area contributed by atoms with Gasteiger partial charge in [-0.15, -0.1) is 0 Å². The van der Waals surface area contributed by atoms with Gasteiger partial charge in [-0.3, -0.25) is 5.10 Å². The summed E-state index contributed by atoms with van der Waals surface area (Å²) in [5, 5.41) is 21.1. The third kappa shape index (κ3) is 2.99. The van der Waals surface area contributed by atoms with Crippen LogP contribution in [-0.4, -0.2) is 57.0 Å². The van der Waals surface area contributed by atoms with Crippen LogP contribution in [0, 0.1) is 0 Å². The zero-order chi connectivity index (χ0) is 19.3. The molecule has 0 aromatic carbocycles. The topological polar surface area (TPSA) is 116 Å². The van der Waals surface area contributed by atoms with Crippen molar-refractivity contribution >= 4 is 23.6 Å². The Labute approximate surface area is 162 Å². The smallest absolute Gasteiger partial charge is 0.331 e. The SMILES string of the molecule is COC(=O)C1[C@@H](O)CCN1c1nc2c(c(Nc3cc(C4CC4)[nH]n3)n1)CCC2. The molecule has 1 saturated carbocycles. The first kappa shape index (κ1) is 17.4. The largest absolute Gasteiger partial charge is 0.467 e. The lowest BCUT2D eigenvalue weighted by molar-refractivity contribution is -0.144. The number of hydrogen-bond acceptors (Lipinski definition) is 8. The number of H-pyrrole nitrogens is 1. The fourth-order valence-corrected chi connectivity index (χ4v) is 4.18. The van der Waals surface area contributed by atoms with Crippen LogP contribution in [0.25, 0.3) is 0 Å². The molecule has 2 aromatic heterocycles. The Morgan fingerprint density at radius 2 is 2.18 bits per heavy atom. The number of carbonyl (C=O) groups is 1. The Morgan fingerprint density at radius 3 is 2.96 bits per heavy atom. The summed E-state index contributed by atoms with van der Waals surface area (Å²) in [4.78, 5) is 23.4. The zero-order valence-corrected chi connectivity index (χ0v) is 15.8. The normalized spacial score (nSPS) is 23.7. The summed E-state index contributed by atoms with van der Waals surface area (Å²) in [6.07, 6.45) is 4.94. The average Bonchev–Trinajstić information content (AvgIpc) is 3.08. The number of nitrogens with zero attached hydrogens (tertiary/aromatic N) is 4. The summed E-state index contributed by atoms with van der Waals surface area (Å²) in [5.74, 6) is 2.06. The van der Waals surface area contributed by atoms with E-state index in [1.165, 1.54) is 20.0 Å². The van der Waals surface area contributed by atoms with Crippen LogP contribution in [0.2, 0.25) is 0 Å². The van der Waals surface area contributed by atoms with Gasteiger partial charge in [0.2, 0.25) is 5.95 Å². The average molecular weight is 384 g/mol. The molecular weight excluding hydrogens is 360 g/mol. The van der Waals surface area contributed by atoms with E-state index < -0.39 is 18.1 Å². The van der Waals surface area contributed by atoms with E-state index in [0.29, 0.717) is 24.8 Å². The molecule has 2 fully saturated rings. The number of methoxy groups -OCH3 is 1. The predicted octanol–water partition coefficient (Wildman–Crippen LogP) is 1.42. The first-order valence-corrected chi connectivity index (χ1v) is 9.88. The molecule has 9 nitrogen and oxygen atoms in total. The molecule has 9 heteroatoms. The lowest BCUT2D eigenvalue weighted by Crippen LogP contribution is -2.43. The van der Waals surface area contributed by atoms with E-state index in [0.717, 1.165) is 47.8 Å². The Kier molecular flexibility index (Phi) is 4.19. The molecule has 148 valence electrons. The fourth-order valence-electron chi connectivity index (χ4n) is 4.18. The van der Waals surface area contributed by atoms with Gasteiger partial charge in [-0.25, -0.2) is 9.78 Å². The summed E-state index contributed by atoms with van der Waals surface area (Å²) in [6.45, 7) is 0.507. The van der Waals surface area contributed by atoms with Gasteiger partial charge in [0, 0.05) is 29.8 Å². The molecule has 1 aliphatic heterocycles. The standard InChI is InChI=1S/C19H24N6O3/c1-28-18(27)16-14(26)7-8-25(16)19-20-12-4-2-3-11(12)17(22-19)21-15-9-13(23-24-15)10-5-6-10/h9-10,14,16,26H,2-8H2,1H3,(H2,20,21,22,23,24)/t14-,16?/m0/s1. The van der Waals surface area contributed by atoms with Crippen LogP contribution in [0.4, 0.5) is 17.6 Å². The Bertz CT molecular complexity index is 909. The number of aliphatic hydroxyl groups is 1. The molecular formula is C19H24N6O3. The fraction of sp³-hybridized carbons (Fsp3) is 0.579. The van der Waals surface area contributed by atoms with Gasteiger partial charge in [-0.1, -0.05) is 0 Å². The van der Waals surface area contributed by atoms with E-state index in [9.17, 15) is 9.90 Å². The van der Waals surface area contributed by atoms with Crippen molar-refractivity contribution in [3.05, 3.63) is 23.0 Å². The van der Waals surface area contributed by atoms with E-state index in [2.05, 4.69) is 15.5 Å². The Hall–Kier alpha value is -2.68. The van der Waals surface area contributed by atoms with Gasteiger partial charge in [0.05, 0.1) is 18.9 Å². The zero-order valence-electron chi connectivity index (χ0n) is 15.8. The first-order chi connectivity index (χ1) is 13.6. The van der Waals surface area contributed by atoms with Crippen LogP contribution in [0.3, 0.4) is 0 Å². The molecule has 3 heterocycles. The number of esters is 1. The molecule has 1 unspecified atom stereocenters. The number of aromatic nitrogens is 4. The molecule has 0 bridgehead atoms. The van der Waals surface area contributed by atoms with E-state index >= 15 is 0 Å². The molecule has 2 aromatic rings. The second kappa shape index (κ2) is 6.73. The highest BCUT2D eigenvalue weighted by molar-refractivity contribution is 5.81. The van der Waals surface area contributed by atoms with Crippen LogP contribution in [0.1, 0.15) is 48.6 Å².